The van der Waals surface area contributed by atoms with Gasteiger partial charge >= 0.3 is 12.0 Å². The molecule has 0 aromatic rings. The molecule has 1 rings (SSSR count). The van der Waals surface area contributed by atoms with Crippen molar-refractivity contribution in [2.45, 2.75) is 20.3 Å². The molecule has 0 aromatic heterocycles. The quantitative estimate of drug-likeness (QED) is 0.786. The number of carbonyl (C=O) groups excluding carboxylic acids is 1. The first kappa shape index (κ1) is 15.8. The summed E-state index contributed by atoms with van der Waals surface area (Å²) in [5.74, 6) is 0.0619. The monoisotopic (exact) mass is 272 g/mol. The Kier molecular flexibility index (Phi) is 6.08. The number of rotatable bonds is 6. The number of ether oxygens (including phenoxy) is 1. The van der Waals surface area contributed by atoms with Crippen molar-refractivity contribution in [1.82, 2.24) is 9.80 Å². The van der Waals surface area contributed by atoms with E-state index in [1.807, 2.05) is 0 Å². The van der Waals surface area contributed by atoms with Crippen LogP contribution in [0.4, 0.5) is 4.79 Å². The Morgan fingerprint density at radius 2 is 2.16 bits per heavy atom. The summed E-state index contributed by atoms with van der Waals surface area (Å²) in [6, 6.07) is -0.192. The lowest BCUT2D eigenvalue weighted by Gasteiger charge is -2.27. The number of aliphatic carboxylic acids is 1. The largest absolute Gasteiger partial charge is 0.480 e. The molecule has 6 heteroatoms. The molecule has 110 valence electrons. The van der Waals surface area contributed by atoms with E-state index in [2.05, 4.69) is 13.8 Å². The maximum atomic E-state index is 12.3. The van der Waals surface area contributed by atoms with Crippen molar-refractivity contribution in [3.05, 3.63) is 0 Å². The zero-order valence-corrected chi connectivity index (χ0v) is 12.0. The third-order valence-electron chi connectivity index (χ3n) is 3.60. The van der Waals surface area contributed by atoms with Crippen LogP contribution in [-0.2, 0) is 9.53 Å². The van der Waals surface area contributed by atoms with Gasteiger partial charge in [0, 0.05) is 26.7 Å². The summed E-state index contributed by atoms with van der Waals surface area (Å²) in [4.78, 5) is 26.2. The van der Waals surface area contributed by atoms with Gasteiger partial charge in [-0.2, -0.15) is 0 Å². The van der Waals surface area contributed by atoms with Crippen molar-refractivity contribution < 1.29 is 19.4 Å². The highest BCUT2D eigenvalue weighted by molar-refractivity contribution is 5.80. The molecule has 1 atom stereocenters. The maximum absolute atomic E-state index is 12.3. The van der Waals surface area contributed by atoms with Gasteiger partial charge in [0.05, 0.1) is 6.61 Å². The molecule has 2 amide bonds. The molecule has 1 aliphatic heterocycles. The fraction of sp³-hybridized carbons (Fsp3) is 0.846. The highest BCUT2D eigenvalue weighted by Gasteiger charge is 2.31. The topological polar surface area (TPSA) is 70.1 Å². The van der Waals surface area contributed by atoms with Gasteiger partial charge in [0.1, 0.15) is 6.54 Å². The molecule has 6 nitrogen and oxygen atoms in total. The predicted octanol–water partition coefficient (Wildman–Crippen LogP) is 1.12. The Morgan fingerprint density at radius 3 is 2.63 bits per heavy atom. The molecule has 1 heterocycles. The fourth-order valence-electron chi connectivity index (χ4n) is 2.31. The molecular formula is C13H24N2O4. The molecule has 0 bridgehead atoms. The van der Waals surface area contributed by atoms with Gasteiger partial charge in [-0.15, -0.1) is 0 Å². The molecule has 0 spiro atoms. The Bertz CT molecular complexity index is 320. The second-order valence-electron chi connectivity index (χ2n) is 5.33. The minimum atomic E-state index is -0.996. The molecular weight excluding hydrogens is 248 g/mol. The van der Waals surface area contributed by atoms with E-state index in [0.29, 0.717) is 31.5 Å². The van der Waals surface area contributed by atoms with Gasteiger partial charge in [0.2, 0.25) is 0 Å². The van der Waals surface area contributed by atoms with Crippen LogP contribution >= 0.6 is 0 Å². The van der Waals surface area contributed by atoms with Crippen LogP contribution in [0, 0.1) is 11.8 Å². The number of amides is 2. The van der Waals surface area contributed by atoms with E-state index in [4.69, 9.17) is 9.84 Å². The van der Waals surface area contributed by atoms with Crippen LogP contribution in [0.15, 0.2) is 0 Å². The van der Waals surface area contributed by atoms with Crippen LogP contribution < -0.4 is 0 Å². The number of hydrogen-bond donors (Lipinski definition) is 1. The summed E-state index contributed by atoms with van der Waals surface area (Å²) in [7, 11) is 1.54. The number of carbonyl (C=O) groups is 2. The number of methoxy groups -OCH3 is 1. The van der Waals surface area contributed by atoms with E-state index < -0.39 is 5.97 Å². The molecule has 0 aliphatic carbocycles. The average molecular weight is 272 g/mol. The summed E-state index contributed by atoms with van der Waals surface area (Å²) in [5, 5.41) is 8.86. The van der Waals surface area contributed by atoms with Gasteiger partial charge in [-0.05, 0) is 18.3 Å². The molecule has 1 fully saturated rings. The molecule has 19 heavy (non-hydrogen) atoms. The molecule has 1 N–H and O–H groups in total. The van der Waals surface area contributed by atoms with Crippen LogP contribution in [-0.4, -0.2) is 66.8 Å². The molecule has 1 aliphatic rings. The molecule has 0 saturated carbocycles. The van der Waals surface area contributed by atoms with E-state index in [1.54, 1.807) is 4.90 Å². The van der Waals surface area contributed by atoms with Crippen LogP contribution in [0.1, 0.15) is 20.3 Å². The SMILES string of the molecule is COCCN(CC(=O)O)C(=O)N1CCC(C(C)C)C1. The normalized spacial score (nSPS) is 18.9. The van der Waals surface area contributed by atoms with E-state index in [1.165, 1.54) is 12.0 Å². The first-order valence-corrected chi connectivity index (χ1v) is 6.70. The summed E-state index contributed by atoms with van der Waals surface area (Å²) in [6.07, 6.45) is 0.995. The Labute approximate surface area is 114 Å². The summed E-state index contributed by atoms with van der Waals surface area (Å²) in [6.45, 7) is 6.12. The zero-order valence-electron chi connectivity index (χ0n) is 12.0. The van der Waals surface area contributed by atoms with Gasteiger partial charge in [-0.1, -0.05) is 13.8 Å². The Balaban J connectivity index is 2.58. The molecule has 1 saturated heterocycles. The van der Waals surface area contributed by atoms with E-state index in [0.717, 1.165) is 13.0 Å². The minimum Gasteiger partial charge on any atom is -0.480 e. The highest BCUT2D eigenvalue weighted by Crippen LogP contribution is 2.24. The molecule has 0 aromatic carbocycles. The van der Waals surface area contributed by atoms with Crippen molar-refractivity contribution >= 4 is 12.0 Å². The van der Waals surface area contributed by atoms with Crippen molar-refractivity contribution in [2.24, 2.45) is 11.8 Å². The number of carboxylic acid groups (broad SMARTS) is 1. The third kappa shape index (κ3) is 4.70. The summed E-state index contributed by atoms with van der Waals surface area (Å²) in [5.41, 5.74) is 0. The van der Waals surface area contributed by atoms with Gasteiger partial charge in [-0.25, -0.2) is 4.79 Å². The van der Waals surface area contributed by atoms with Crippen LogP contribution in [0.2, 0.25) is 0 Å². The van der Waals surface area contributed by atoms with Crippen molar-refractivity contribution in [2.75, 3.05) is 39.9 Å². The first-order chi connectivity index (χ1) is 8.95. The average Bonchev–Trinajstić information content (AvgIpc) is 2.82. The standard InChI is InChI=1S/C13H24N2O4/c1-10(2)11-4-5-14(8-11)13(18)15(6-7-19-3)9-12(16)17/h10-11H,4-9H2,1-3H3,(H,16,17). The smallest absolute Gasteiger partial charge is 0.323 e. The second kappa shape index (κ2) is 7.33. The van der Waals surface area contributed by atoms with Crippen molar-refractivity contribution in [3.63, 3.8) is 0 Å². The zero-order chi connectivity index (χ0) is 14.4. The Morgan fingerprint density at radius 1 is 1.47 bits per heavy atom. The van der Waals surface area contributed by atoms with Gasteiger partial charge < -0.3 is 19.6 Å². The number of carboxylic acids is 1. The van der Waals surface area contributed by atoms with Gasteiger partial charge in [0.25, 0.3) is 0 Å². The third-order valence-corrected chi connectivity index (χ3v) is 3.60. The van der Waals surface area contributed by atoms with Gasteiger partial charge in [-0.3, -0.25) is 4.79 Å². The first-order valence-electron chi connectivity index (χ1n) is 6.70. The number of urea groups is 1. The van der Waals surface area contributed by atoms with E-state index in [9.17, 15) is 9.59 Å². The number of hydrogen-bond acceptors (Lipinski definition) is 3. The number of likely N-dealkylation sites (tertiary alicyclic amines) is 1. The lowest BCUT2D eigenvalue weighted by molar-refractivity contribution is -0.137. The highest BCUT2D eigenvalue weighted by atomic mass is 16.5. The summed E-state index contributed by atoms with van der Waals surface area (Å²) < 4.78 is 4.92. The molecule has 1 unspecified atom stereocenters. The van der Waals surface area contributed by atoms with Gasteiger partial charge in [0.15, 0.2) is 0 Å². The number of nitrogens with zero attached hydrogens (tertiary/aromatic N) is 2. The maximum Gasteiger partial charge on any atom is 0.323 e. The van der Waals surface area contributed by atoms with Crippen LogP contribution in [0.25, 0.3) is 0 Å². The van der Waals surface area contributed by atoms with Crippen LogP contribution in [0.5, 0.6) is 0 Å². The molecule has 0 radical (unpaired) electrons. The van der Waals surface area contributed by atoms with Crippen LogP contribution in [0.3, 0.4) is 0 Å². The summed E-state index contributed by atoms with van der Waals surface area (Å²) >= 11 is 0. The fourth-order valence-corrected chi connectivity index (χ4v) is 2.31. The lowest BCUT2D eigenvalue weighted by Crippen LogP contribution is -2.45. The lowest BCUT2D eigenvalue weighted by atomic mass is 9.95. The predicted molar refractivity (Wildman–Crippen MR) is 71.0 cm³/mol. The van der Waals surface area contributed by atoms with E-state index in [-0.39, 0.29) is 12.6 Å². The van der Waals surface area contributed by atoms with Crippen molar-refractivity contribution in [1.29, 1.82) is 0 Å². The van der Waals surface area contributed by atoms with E-state index >= 15 is 0 Å². The second-order valence-corrected chi connectivity index (χ2v) is 5.33. The minimum absolute atomic E-state index is 0.192. The Hall–Kier alpha value is -1.30. The van der Waals surface area contributed by atoms with Crippen molar-refractivity contribution in [3.8, 4) is 0 Å².